The number of morpholine rings is 1. The molecule has 17 heavy (non-hydrogen) atoms. The van der Waals surface area contributed by atoms with Crippen LogP contribution in [-0.2, 0) is 4.74 Å². The summed E-state index contributed by atoms with van der Waals surface area (Å²) in [6.07, 6.45) is 2.35. The van der Waals surface area contributed by atoms with Crippen molar-refractivity contribution in [1.82, 2.24) is 4.98 Å². The van der Waals surface area contributed by atoms with Crippen LogP contribution in [0.25, 0.3) is 0 Å². The highest BCUT2D eigenvalue weighted by Crippen LogP contribution is 2.20. The molecule has 1 aromatic heterocycles. The second kappa shape index (κ2) is 5.47. The van der Waals surface area contributed by atoms with Crippen LogP contribution in [0.2, 0.25) is 0 Å². The van der Waals surface area contributed by atoms with Gasteiger partial charge in [0.2, 0.25) is 0 Å². The molecule has 0 radical (unpaired) electrons. The summed E-state index contributed by atoms with van der Waals surface area (Å²) in [6, 6.07) is 4.33. The predicted octanol–water partition coefficient (Wildman–Crippen LogP) is 1.75. The molecule has 1 aliphatic heterocycles. The van der Waals surface area contributed by atoms with Crippen LogP contribution < -0.4 is 4.90 Å². The van der Waals surface area contributed by atoms with Crippen LogP contribution in [0.3, 0.4) is 0 Å². The minimum atomic E-state index is -0.455. The second-order valence-corrected chi connectivity index (χ2v) is 4.46. The summed E-state index contributed by atoms with van der Waals surface area (Å²) in [6.45, 7) is 6.34. The predicted molar refractivity (Wildman–Crippen MR) is 67.1 cm³/mol. The lowest BCUT2D eigenvalue weighted by Crippen LogP contribution is -2.45. The van der Waals surface area contributed by atoms with Crippen LogP contribution in [0.5, 0.6) is 0 Å². The summed E-state index contributed by atoms with van der Waals surface area (Å²) in [5.41, 5.74) is 0.857. The highest BCUT2D eigenvalue weighted by Gasteiger charge is 2.22. The maximum Gasteiger partial charge on any atom is 0.128 e. The van der Waals surface area contributed by atoms with Gasteiger partial charge >= 0.3 is 0 Å². The number of hydrogen-bond acceptors (Lipinski definition) is 4. The van der Waals surface area contributed by atoms with Gasteiger partial charge in [0, 0.05) is 12.7 Å². The first-order valence-electron chi connectivity index (χ1n) is 6.20. The zero-order valence-corrected chi connectivity index (χ0v) is 10.5. The minimum absolute atomic E-state index is 0.411. The van der Waals surface area contributed by atoms with Gasteiger partial charge in [-0.1, -0.05) is 13.0 Å². The van der Waals surface area contributed by atoms with E-state index in [1.807, 2.05) is 12.1 Å². The zero-order valence-electron chi connectivity index (χ0n) is 10.5. The van der Waals surface area contributed by atoms with E-state index in [9.17, 15) is 5.11 Å². The largest absolute Gasteiger partial charge is 0.389 e. The summed E-state index contributed by atoms with van der Waals surface area (Å²) in [7, 11) is 0. The molecule has 94 valence electrons. The van der Waals surface area contributed by atoms with Crippen LogP contribution in [-0.4, -0.2) is 35.9 Å². The Morgan fingerprint density at radius 2 is 2.41 bits per heavy atom. The Morgan fingerprint density at radius 3 is 3.00 bits per heavy atom. The molecule has 0 spiro atoms. The Hall–Kier alpha value is -1.13. The highest BCUT2D eigenvalue weighted by molar-refractivity contribution is 5.41. The zero-order chi connectivity index (χ0) is 12.3. The summed E-state index contributed by atoms with van der Waals surface area (Å²) in [5.74, 6) is 0.976. The van der Waals surface area contributed by atoms with E-state index in [0.29, 0.717) is 6.04 Å². The number of rotatable bonds is 3. The van der Waals surface area contributed by atoms with Crippen molar-refractivity contribution >= 4 is 5.82 Å². The third-order valence-corrected chi connectivity index (χ3v) is 3.25. The molecule has 2 heterocycles. The molecule has 0 amide bonds. The van der Waals surface area contributed by atoms with Crippen molar-refractivity contribution in [2.75, 3.05) is 24.7 Å². The van der Waals surface area contributed by atoms with Gasteiger partial charge in [-0.05, 0) is 25.0 Å². The molecule has 1 saturated heterocycles. The van der Waals surface area contributed by atoms with Gasteiger partial charge in [-0.25, -0.2) is 4.98 Å². The standard InChI is InChI=1S/C13H20N2O2/c1-3-12-9-17-7-6-15(12)13-5-4-11(8-14-13)10(2)16/h4-5,8,10,12,16H,3,6-7,9H2,1-2H3/t10-,12?/m0/s1. The molecular weight excluding hydrogens is 216 g/mol. The average molecular weight is 236 g/mol. The Labute approximate surface area is 102 Å². The molecule has 1 N–H and O–H groups in total. The number of ether oxygens (including phenoxy) is 1. The quantitative estimate of drug-likeness (QED) is 0.868. The topological polar surface area (TPSA) is 45.6 Å². The van der Waals surface area contributed by atoms with E-state index in [1.54, 1.807) is 13.1 Å². The van der Waals surface area contributed by atoms with Crippen LogP contribution >= 0.6 is 0 Å². The lowest BCUT2D eigenvalue weighted by Gasteiger charge is -2.36. The SMILES string of the molecule is CCC1COCCN1c1ccc([C@H](C)O)cn1. The minimum Gasteiger partial charge on any atom is -0.389 e. The van der Waals surface area contributed by atoms with Gasteiger partial charge in [-0.3, -0.25) is 0 Å². The van der Waals surface area contributed by atoms with E-state index >= 15 is 0 Å². The first kappa shape index (κ1) is 12.3. The molecule has 1 fully saturated rings. The maximum absolute atomic E-state index is 9.45. The molecule has 2 atom stereocenters. The number of nitrogens with zero attached hydrogens (tertiary/aromatic N) is 2. The molecule has 1 aliphatic rings. The van der Waals surface area contributed by atoms with E-state index in [-0.39, 0.29) is 0 Å². The number of aromatic nitrogens is 1. The molecule has 2 rings (SSSR count). The lowest BCUT2D eigenvalue weighted by atomic mass is 10.1. The van der Waals surface area contributed by atoms with Gasteiger partial charge in [0.05, 0.1) is 25.4 Å². The van der Waals surface area contributed by atoms with Crippen LogP contribution in [0.4, 0.5) is 5.82 Å². The van der Waals surface area contributed by atoms with Crippen LogP contribution in [0, 0.1) is 0 Å². The van der Waals surface area contributed by atoms with E-state index in [2.05, 4.69) is 16.8 Å². The highest BCUT2D eigenvalue weighted by atomic mass is 16.5. The van der Waals surface area contributed by atoms with E-state index in [0.717, 1.165) is 37.6 Å². The Morgan fingerprint density at radius 1 is 1.59 bits per heavy atom. The second-order valence-electron chi connectivity index (χ2n) is 4.46. The third-order valence-electron chi connectivity index (χ3n) is 3.25. The van der Waals surface area contributed by atoms with Crippen molar-refractivity contribution in [2.45, 2.75) is 32.4 Å². The Bertz CT molecular complexity index is 351. The molecule has 0 bridgehead atoms. The normalized spacial score (nSPS) is 22.5. The summed E-state index contributed by atoms with van der Waals surface area (Å²) >= 11 is 0. The van der Waals surface area contributed by atoms with Crippen LogP contribution in [0.15, 0.2) is 18.3 Å². The van der Waals surface area contributed by atoms with E-state index in [4.69, 9.17) is 4.74 Å². The summed E-state index contributed by atoms with van der Waals surface area (Å²) in [5, 5.41) is 9.45. The molecular formula is C13H20N2O2. The Balaban J connectivity index is 2.15. The third kappa shape index (κ3) is 2.76. The van der Waals surface area contributed by atoms with E-state index in [1.165, 1.54) is 0 Å². The van der Waals surface area contributed by atoms with Crippen molar-refractivity contribution in [3.8, 4) is 0 Å². The molecule has 1 aromatic rings. The number of pyridine rings is 1. The summed E-state index contributed by atoms with van der Waals surface area (Å²) < 4.78 is 5.48. The Kier molecular flexibility index (Phi) is 3.97. The molecule has 0 aliphatic carbocycles. The molecule has 4 heteroatoms. The molecule has 1 unspecified atom stereocenters. The van der Waals surface area contributed by atoms with Gasteiger partial charge in [0.1, 0.15) is 5.82 Å². The van der Waals surface area contributed by atoms with Crippen molar-refractivity contribution in [2.24, 2.45) is 0 Å². The molecule has 0 saturated carbocycles. The van der Waals surface area contributed by atoms with Gasteiger partial charge in [-0.2, -0.15) is 0 Å². The fraction of sp³-hybridized carbons (Fsp3) is 0.615. The smallest absolute Gasteiger partial charge is 0.128 e. The summed E-state index contributed by atoms with van der Waals surface area (Å²) in [4.78, 5) is 6.72. The first-order valence-corrected chi connectivity index (χ1v) is 6.20. The molecule has 4 nitrogen and oxygen atoms in total. The molecule has 0 aromatic carbocycles. The first-order chi connectivity index (χ1) is 8.22. The van der Waals surface area contributed by atoms with Crippen molar-refractivity contribution < 1.29 is 9.84 Å². The number of hydrogen-bond donors (Lipinski definition) is 1. The van der Waals surface area contributed by atoms with Crippen molar-refractivity contribution in [1.29, 1.82) is 0 Å². The number of aliphatic hydroxyl groups is 1. The number of anilines is 1. The lowest BCUT2D eigenvalue weighted by molar-refractivity contribution is 0.0925. The van der Waals surface area contributed by atoms with Crippen LogP contribution in [0.1, 0.15) is 31.9 Å². The van der Waals surface area contributed by atoms with Gasteiger partial charge < -0.3 is 14.7 Å². The van der Waals surface area contributed by atoms with Gasteiger partial charge in [0.15, 0.2) is 0 Å². The fourth-order valence-electron chi connectivity index (χ4n) is 2.11. The van der Waals surface area contributed by atoms with Gasteiger partial charge in [-0.15, -0.1) is 0 Å². The van der Waals surface area contributed by atoms with Crippen molar-refractivity contribution in [3.63, 3.8) is 0 Å². The monoisotopic (exact) mass is 236 g/mol. The van der Waals surface area contributed by atoms with Gasteiger partial charge in [0.25, 0.3) is 0 Å². The fourth-order valence-corrected chi connectivity index (χ4v) is 2.11. The van der Waals surface area contributed by atoms with Crippen molar-refractivity contribution in [3.05, 3.63) is 23.9 Å². The number of aliphatic hydroxyl groups excluding tert-OH is 1. The maximum atomic E-state index is 9.45. The van der Waals surface area contributed by atoms with E-state index < -0.39 is 6.10 Å². The average Bonchev–Trinajstić information content (AvgIpc) is 2.39.